The molecule has 1 aromatic heterocycles. The van der Waals surface area contributed by atoms with Gasteiger partial charge in [0.1, 0.15) is 0 Å². The minimum absolute atomic E-state index is 0.686. The van der Waals surface area contributed by atoms with Crippen LogP contribution in [0.5, 0.6) is 0 Å². The lowest BCUT2D eigenvalue weighted by Crippen LogP contribution is -2.22. The first-order valence-corrected chi connectivity index (χ1v) is 6.13. The van der Waals surface area contributed by atoms with Gasteiger partial charge in [0.15, 0.2) is 0 Å². The second-order valence-electron chi connectivity index (χ2n) is 4.42. The fraction of sp³-hybridized carbons (Fsp3) is 0.615. The lowest BCUT2D eigenvalue weighted by atomic mass is 10.0. The maximum absolute atomic E-state index is 5.87. The van der Waals surface area contributed by atoms with Crippen molar-refractivity contribution in [3.63, 3.8) is 0 Å². The van der Waals surface area contributed by atoms with Gasteiger partial charge in [-0.3, -0.25) is 4.98 Å². The maximum Gasteiger partial charge on any atom is 0.0377 e. The van der Waals surface area contributed by atoms with E-state index in [9.17, 15) is 0 Å². The minimum atomic E-state index is 0.686. The van der Waals surface area contributed by atoms with Crippen molar-refractivity contribution < 1.29 is 0 Å². The number of aromatic nitrogens is 1. The monoisotopic (exact) mass is 221 g/mol. The first-order chi connectivity index (χ1) is 7.74. The van der Waals surface area contributed by atoms with E-state index in [1.807, 2.05) is 12.3 Å². The summed E-state index contributed by atoms with van der Waals surface area (Å²) in [5.41, 5.74) is 7.91. The number of nitrogens with two attached hydrogens (primary N) is 1. The Balaban J connectivity index is 2.26. The van der Waals surface area contributed by atoms with Crippen molar-refractivity contribution in [3.8, 4) is 0 Å². The first-order valence-electron chi connectivity index (χ1n) is 6.13. The minimum Gasteiger partial charge on any atom is -0.398 e. The van der Waals surface area contributed by atoms with Crippen LogP contribution in [0.3, 0.4) is 0 Å². The van der Waals surface area contributed by atoms with Gasteiger partial charge in [-0.05, 0) is 49.9 Å². The molecule has 1 atom stereocenters. The van der Waals surface area contributed by atoms with Gasteiger partial charge in [0.05, 0.1) is 0 Å². The van der Waals surface area contributed by atoms with Gasteiger partial charge in [-0.1, -0.05) is 13.8 Å². The zero-order valence-corrected chi connectivity index (χ0v) is 10.4. The van der Waals surface area contributed by atoms with Gasteiger partial charge in [0, 0.05) is 18.1 Å². The second kappa shape index (κ2) is 7.23. The highest BCUT2D eigenvalue weighted by Crippen LogP contribution is 2.14. The SMILES string of the molecule is CCCNCC(C)CCc1cnccc1N. The Hall–Kier alpha value is -1.09. The molecule has 90 valence electrons. The number of nitrogens with zero attached hydrogens (tertiary/aromatic N) is 1. The number of hydrogen-bond acceptors (Lipinski definition) is 3. The maximum atomic E-state index is 5.87. The molecule has 0 fully saturated rings. The van der Waals surface area contributed by atoms with Crippen molar-refractivity contribution in [3.05, 3.63) is 24.0 Å². The van der Waals surface area contributed by atoms with Crippen LogP contribution < -0.4 is 11.1 Å². The summed E-state index contributed by atoms with van der Waals surface area (Å²) < 4.78 is 0. The Labute approximate surface area is 98.5 Å². The van der Waals surface area contributed by atoms with E-state index in [0.29, 0.717) is 5.92 Å². The molecule has 0 saturated heterocycles. The lowest BCUT2D eigenvalue weighted by molar-refractivity contribution is 0.481. The molecule has 1 heterocycles. The average molecular weight is 221 g/mol. The molecule has 0 amide bonds. The van der Waals surface area contributed by atoms with Crippen molar-refractivity contribution in [2.24, 2.45) is 5.92 Å². The topological polar surface area (TPSA) is 50.9 Å². The Morgan fingerprint density at radius 2 is 2.31 bits per heavy atom. The van der Waals surface area contributed by atoms with E-state index < -0.39 is 0 Å². The number of rotatable bonds is 7. The predicted molar refractivity (Wildman–Crippen MR) is 69.3 cm³/mol. The molecular formula is C13H23N3. The van der Waals surface area contributed by atoms with Crippen molar-refractivity contribution in [1.29, 1.82) is 0 Å². The zero-order valence-electron chi connectivity index (χ0n) is 10.4. The van der Waals surface area contributed by atoms with Crippen molar-refractivity contribution in [2.45, 2.75) is 33.1 Å². The van der Waals surface area contributed by atoms with E-state index >= 15 is 0 Å². The molecule has 0 saturated carbocycles. The van der Waals surface area contributed by atoms with Gasteiger partial charge in [-0.25, -0.2) is 0 Å². The van der Waals surface area contributed by atoms with E-state index in [-0.39, 0.29) is 0 Å². The Bertz CT molecular complexity index is 299. The van der Waals surface area contributed by atoms with E-state index in [4.69, 9.17) is 5.73 Å². The molecule has 0 aliphatic heterocycles. The molecule has 1 aromatic rings. The van der Waals surface area contributed by atoms with Gasteiger partial charge in [-0.2, -0.15) is 0 Å². The van der Waals surface area contributed by atoms with Gasteiger partial charge >= 0.3 is 0 Å². The van der Waals surface area contributed by atoms with Crippen LogP contribution in [0.4, 0.5) is 5.69 Å². The lowest BCUT2D eigenvalue weighted by Gasteiger charge is -2.12. The molecule has 16 heavy (non-hydrogen) atoms. The van der Waals surface area contributed by atoms with Crippen LogP contribution in [0.15, 0.2) is 18.5 Å². The van der Waals surface area contributed by atoms with Crippen molar-refractivity contribution in [2.75, 3.05) is 18.8 Å². The summed E-state index contributed by atoms with van der Waals surface area (Å²) in [4.78, 5) is 4.10. The third kappa shape index (κ3) is 4.62. The zero-order chi connectivity index (χ0) is 11.8. The molecule has 0 spiro atoms. The molecule has 1 unspecified atom stereocenters. The third-order valence-electron chi connectivity index (χ3n) is 2.77. The summed E-state index contributed by atoms with van der Waals surface area (Å²) >= 11 is 0. The summed E-state index contributed by atoms with van der Waals surface area (Å²) in [6, 6.07) is 1.87. The van der Waals surface area contributed by atoms with Gasteiger partial charge in [-0.15, -0.1) is 0 Å². The summed E-state index contributed by atoms with van der Waals surface area (Å²) in [6.45, 7) is 6.66. The van der Waals surface area contributed by atoms with Crippen LogP contribution in [0.2, 0.25) is 0 Å². The standard InChI is InChI=1S/C13H23N3/c1-3-7-15-9-11(2)4-5-12-10-16-8-6-13(12)14/h6,8,10-11,15H,3-5,7,9H2,1-2H3,(H2,14,16). The highest BCUT2D eigenvalue weighted by atomic mass is 14.8. The third-order valence-corrected chi connectivity index (χ3v) is 2.77. The van der Waals surface area contributed by atoms with Crippen LogP contribution in [-0.2, 0) is 6.42 Å². The van der Waals surface area contributed by atoms with Crippen LogP contribution in [0.1, 0.15) is 32.3 Å². The summed E-state index contributed by atoms with van der Waals surface area (Å²) in [5, 5.41) is 3.44. The number of nitrogens with one attached hydrogen (secondary N) is 1. The molecule has 3 heteroatoms. The summed E-state index contributed by atoms with van der Waals surface area (Å²) in [6.07, 6.45) is 7.00. The molecule has 3 N–H and O–H groups in total. The van der Waals surface area contributed by atoms with E-state index in [1.165, 1.54) is 12.0 Å². The molecular weight excluding hydrogens is 198 g/mol. The van der Waals surface area contributed by atoms with Gasteiger partial charge < -0.3 is 11.1 Å². The fourth-order valence-corrected chi connectivity index (χ4v) is 1.68. The second-order valence-corrected chi connectivity index (χ2v) is 4.42. The molecule has 1 rings (SSSR count). The number of pyridine rings is 1. The molecule has 0 bridgehead atoms. The molecule has 0 aliphatic carbocycles. The van der Waals surface area contributed by atoms with Crippen LogP contribution >= 0.6 is 0 Å². The highest BCUT2D eigenvalue weighted by molar-refractivity contribution is 5.44. The largest absolute Gasteiger partial charge is 0.398 e. The molecule has 0 aromatic carbocycles. The first kappa shape index (κ1) is 13.0. The normalized spacial score (nSPS) is 12.6. The molecule has 0 aliphatic rings. The summed E-state index contributed by atoms with van der Waals surface area (Å²) in [5.74, 6) is 0.686. The van der Waals surface area contributed by atoms with Crippen molar-refractivity contribution in [1.82, 2.24) is 10.3 Å². The van der Waals surface area contributed by atoms with Crippen LogP contribution in [0, 0.1) is 5.92 Å². The number of nitrogen functional groups attached to an aromatic ring is 1. The smallest absolute Gasteiger partial charge is 0.0377 e. The Kier molecular flexibility index (Phi) is 5.86. The van der Waals surface area contributed by atoms with Gasteiger partial charge in [0.2, 0.25) is 0 Å². The fourth-order valence-electron chi connectivity index (χ4n) is 1.68. The van der Waals surface area contributed by atoms with E-state index in [2.05, 4.69) is 24.1 Å². The number of aryl methyl sites for hydroxylation is 1. The van der Waals surface area contributed by atoms with E-state index in [1.54, 1.807) is 6.20 Å². The highest BCUT2D eigenvalue weighted by Gasteiger charge is 2.04. The quantitative estimate of drug-likeness (QED) is 0.694. The molecule has 0 radical (unpaired) electrons. The number of hydrogen-bond donors (Lipinski definition) is 2. The Morgan fingerprint density at radius 3 is 3.00 bits per heavy atom. The summed E-state index contributed by atoms with van der Waals surface area (Å²) in [7, 11) is 0. The van der Waals surface area contributed by atoms with Gasteiger partial charge in [0.25, 0.3) is 0 Å². The van der Waals surface area contributed by atoms with Crippen LogP contribution in [0.25, 0.3) is 0 Å². The van der Waals surface area contributed by atoms with Crippen molar-refractivity contribution >= 4 is 5.69 Å². The Morgan fingerprint density at radius 1 is 1.50 bits per heavy atom. The van der Waals surface area contributed by atoms with E-state index in [0.717, 1.165) is 31.6 Å². The number of anilines is 1. The molecule has 3 nitrogen and oxygen atoms in total. The predicted octanol–water partition coefficient (Wildman–Crippen LogP) is 2.23. The van der Waals surface area contributed by atoms with Crippen LogP contribution in [-0.4, -0.2) is 18.1 Å². The average Bonchev–Trinajstić information content (AvgIpc) is 2.28.